The number of hydrogen-bond acceptors (Lipinski definition) is 4. The Hall–Kier alpha value is -3.28. The Morgan fingerprint density at radius 2 is 1.59 bits per heavy atom. The van der Waals surface area contributed by atoms with E-state index in [-0.39, 0.29) is 31.4 Å². The Kier molecular flexibility index (Phi) is 7.28. The van der Waals surface area contributed by atoms with E-state index in [2.05, 4.69) is 11.9 Å². The Morgan fingerprint density at radius 1 is 1.00 bits per heavy atom. The lowest BCUT2D eigenvalue weighted by Gasteiger charge is -2.27. The van der Waals surface area contributed by atoms with Gasteiger partial charge in [-0.25, -0.2) is 9.59 Å². The van der Waals surface area contributed by atoms with Crippen LogP contribution in [0.5, 0.6) is 0 Å². The topological polar surface area (TPSA) is 67.9 Å². The van der Waals surface area contributed by atoms with Crippen molar-refractivity contribution in [1.82, 2.24) is 10.2 Å². The molecule has 1 aliphatic rings. The van der Waals surface area contributed by atoms with Crippen molar-refractivity contribution in [2.45, 2.75) is 38.1 Å². The summed E-state index contributed by atoms with van der Waals surface area (Å²) in [6, 6.07) is 18.6. The van der Waals surface area contributed by atoms with E-state index in [9.17, 15) is 9.59 Å². The van der Waals surface area contributed by atoms with Crippen LogP contribution in [0.25, 0.3) is 0 Å². The van der Waals surface area contributed by atoms with Gasteiger partial charge >= 0.3 is 12.2 Å². The fraction of sp³-hybridized carbons (Fsp3) is 0.304. The van der Waals surface area contributed by atoms with Gasteiger partial charge in [0.2, 0.25) is 0 Å². The summed E-state index contributed by atoms with van der Waals surface area (Å²) in [4.78, 5) is 26.4. The second kappa shape index (κ2) is 10.3. The van der Waals surface area contributed by atoms with Gasteiger partial charge in [0.15, 0.2) is 0 Å². The number of carbonyl (C=O) groups is 2. The molecule has 1 saturated heterocycles. The van der Waals surface area contributed by atoms with E-state index < -0.39 is 6.09 Å². The lowest BCUT2D eigenvalue weighted by molar-refractivity contribution is 0.0886. The molecule has 0 aliphatic carbocycles. The highest BCUT2D eigenvalue weighted by Crippen LogP contribution is 2.23. The fourth-order valence-electron chi connectivity index (χ4n) is 3.43. The van der Waals surface area contributed by atoms with E-state index in [1.807, 2.05) is 60.7 Å². The first-order valence-electron chi connectivity index (χ1n) is 9.73. The molecule has 2 amide bonds. The van der Waals surface area contributed by atoms with Crippen molar-refractivity contribution < 1.29 is 19.1 Å². The van der Waals surface area contributed by atoms with Crippen LogP contribution in [0.2, 0.25) is 0 Å². The number of amides is 2. The molecule has 2 atom stereocenters. The van der Waals surface area contributed by atoms with Gasteiger partial charge in [-0.15, -0.1) is 6.58 Å². The second-order valence-corrected chi connectivity index (χ2v) is 6.93. The number of ether oxygens (including phenoxy) is 2. The van der Waals surface area contributed by atoms with Crippen LogP contribution in [0.3, 0.4) is 0 Å². The highest BCUT2D eigenvalue weighted by Gasteiger charge is 2.38. The van der Waals surface area contributed by atoms with Gasteiger partial charge in [0, 0.05) is 6.54 Å². The maximum atomic E-state index is 12.6. The Bertz CT molecular complexity index is 810. The average Bonchev–Trinajstić information content (AvgIpc) is 3.14. The molecule has 0 aromatic heterocycles. The lowest BCUT2D eigenvalue weighted by Crippen LogP contribution is -2.46. The monoisotopic (exact) mass is 394 g/mol. The summed E-state index contributed by atoms with van der Waals surface area (Å²) in [5.41, 5.74) is 1.85. The number of benzene rings is 2. The molecule has 2 aromatic rings. The van der Waals surface area contributed by atoms with Gasteiger partial charge in [-0.05, 0) is 24.0 Å². The third kappa shape index (κ3) is 5.85. The van der Waals surface area contributed by atoms with Crippen LogP contribution in [0.15, 0.2) is 73.3 Å². The third-order valence-electron chi connectivity index (χ3n) is 4.91. The van der Waals surface area contributed by atoms with Gasteiger partial charge in [-0.1, -0.05) is 66.7 Å². The van der Waals surface area contributed by atoms with Crippen LogP contribution in [-0.2, 0) is 22.7 Å². The number of rotatable bonds is 7. The Balaban J connectivity index is 1.52. The standard InChI is InChI=1S/C23H26N2O4/c1-2-9-21-20(24-22(26)28-16-18-10-5-3-6-11-18)14-15-25(21)23(27)29-17-19-12-7-4-8-13-19/h2-8,10-13,20-21H,1,9,14-17H2,(H,24,26)/t20-,21+/m0/s1. The minimum Gasteiger partial charge on any atom is -0.445 e. The van der Waals surface area contributed by atoms with Gasteiger partial charge in [0.1, 0.15) is 13.2 Å². The molecule has 1 N–H and O–H groups in total. The number of likely N-dealkylation sites (tertiary alicyclic amines) is 1. The number of nitrogens with one attached hydrogen (secondary N) is 1. The lowest BCUT2D eigenvalue weighted by atomic mass is 10.1. The summed E-state index contributed by atoms with van der Waals surface area (Å²) in [6.45, 7) is 4.71. The maximum Gasteiger partial charge on any atom is 0.410 e. The number of nitrogens with zero attached hydrogens (tertiary/aromatic N) is 1. The predicted octanol–water partition coefficient (Wildman–Crippen LogP) is 4.27. The molecule has 3 rings (SSSR count). The van der Waals surface area contributed by atoms with E-state index in [1.54, 1.807) is 11.0 Å². The summed E-state index contributed by atoms with van der Waals surface area (Å²) in [7, 11) is 0. The minimum atomic E-state index is -0.493. The molecule has 0 unspecified atom stereocenters. The quantitative estimate of drug-likeness (QED) is 0.712. The summed E-state index contributed by atoms with van der Waals surface area (Å²) in [5.74, 6) is 0. The highest BCUT2D eigenvalue weighted by molar-refractivity contribution is 5.70. The molecule has 6 heteroatoms. The fourth-order valence-corrected chi connectivity index (χ4v) is 3.43. The van der Waals surface area contributed by atoms with Crippen molar-refractivity contribution >= 4 is 12.2 Å². The number of carbonyl (C=O) groups excluding carboxylic acids is 2. The second-order valence-electron chi connectivity index (χ2n) is 6.93. The van der Waals surface area contributed by atoms with Gasteiger partial charge in [-0.3, -0.25) is 0 Å². The largest absolute Gasteiger partial charge is 0.445 e. The SMILES string of the molecule is C=CC[C@@H]1[C@@H](NC(=O)OCc2ccccc2)CCN1C(=O)OCc1ccccc1. The maximum absolute atomic E-state index is 12.6. The van der Waals surface area contributed by atoms with Gasteiger partial charge < -0.3 is 19.7 Å². The summed E-state index contributed by atoms with van der Waals surface area (Å²) in [6.07, 6.45) is 2.07. The van der Waals surface area contributed by atoms with Gasteiger partial charge in [0.25, 0.3) is 0 Å². The Labute approximate surface area is 171 Å². The highest BCUT2D eigenvalue weighted by atomic mass is 16.6. The molecule has 1 fully saturated rings. The third-order valence-corrected chi connectivity index (χ3v) is 4.91. The van der Waals surface area contributed by atoms with E-state index in [4.69, 9.17) is 9.47 Å². The van der Waals surface area contributed by atoms with E-state index in [0.29, 0.717) is 19.4 Å². The molecule has 1 heterocycles. The molecule has 29 heavy (non-hydrogen) atoms. The minimum absolute atomic E-state index is 0.203. The molecular formula is C23H26N2O4. The average molecular weight is 394 g/mol. The van der Waals surface area contributed by atoms with Gasteiger partial charge in [-0.2, -0.15) is 0 Å². The van der Waals surface area contributed by atoms with Crippen LogP contribution < -0.4 is 5.32 Å². The van der Waals surface area contributed by atoms with Crippen LogP contribution >= 0.6 is 0 Å². The molecule has 1 aliphatic heterocycles. The van der Waals surface area contributed by atoms with Crippen molar-refractivity contribution in [2.75, 3.05) is 6.54 Å². The van der Waals surface area contributed by atoms with E-state index in [0.717, 1.165) is 11.1 Å². The first-order valence-corrected chi connectivity index (χ1v) is 9.73. The smallest absolute Gasteiger partial charge is 0.410 e. The van der Waals surface area contributed by atoms with Crippen molar-refractivity contribution in [3.8, 4) is 0 Å². The van der Waals surface area contributed by atoms with Crippen LogP contribution in [-0.4, -0.2) is 35.7 Å². The molecule has 0 radical (unpaired) electrons. The van der Waals surface area contributed by atoms with Crippen molar-refractivity contribution in [1.29, 1.82) is 0 Å². The molecule has 0 saturated carbocycles. The molecular weight excluding hydrogens is 368 g/mol. The zero-order valence-electron chi connectivity index (χ0n) is 16.3. The number of alkyl carbamates (subject to hydrolysis) is 1. The van der Waals surface area contributed by atoms with Crippen molar-refractivity contribution in [2.24, 2.45) is 0 Å². The normalized spacial score (nSPS) is 18.1. The molecule has 152 valence electrons. The predicted molar refractivity (Wildman–Crippen MR) is 110 cm³/mol. The number of hydrogen-bond donors (Lipinski definition) is 1. The van der Waals surface area contributed by atoms with E-state index >= 15 is 0 Å². The summed E-state index contributed by atoms with van der Waals surface area (Å²) >= 11 is 0. The first-order chi connectivity index (χ1) is 14.2. The van der Waals surface area contributed by atoms with Crippen molar-refractivity contribution in [3.63, 3.8) is 0 Å². The summed E-state index contributed by atoms with van der Waals surface area (Å²) in [5, 5.41) is 2.88. The van der Waals surface area contributed by atoms with Crippen molar-refractivity contribution in [3.05, 3.63) is 84.4 Å². The zero-order valence-corrected chi connectivity index (χ0v) is 16.3. The molecule has 0 bridgehead atoms. The molecule has 0 spiro atoms. The summed E-state index contributed by atoms with van der Waals surface area (Å²) < 4.78 is 10.8. The molecule has 2 aromatic carbocycles. The van der Waals surface area contributed by atoms with Crippen LogP contribution in [0, 0.1) is 0 Å². The molecule has 6 nitrogen and oxygen atoms in total. The van der Waals surface area contributed by atoms with Gasteiger partial charge in [0.05, 0.1) is 12.1 Å². The van der Waals surface area contributed by atoms with Crippen LogP contribution in [0.4, 0.5) is 9.59 Å². The van der Waals surface area contributed by atoms with Crippen LogP contribution in [0.1, 0.15) is 24.0 Å². The first kappa shape index (κ1) is 20.5. The van der Waals surface area contributed by atoms with E-state index in [1.165, 1.54) is 0 Å². The Morgan fingerprint density at radius 3 is 2.17 bits per heavy atom. The zero-order chi connectivity index (χ0) is 20.5.